The largest absolute Gasteiger partial charge is 0.467 e. The summed E-state index contributed by atoms with van der Waals surface area (Å²) in [6.07, 6.45) is 4.98. The summed E-state index contributed by atoms with van der Waals surface area (Å²) in [6, 6.07) is 3.72. The van der Waals surface area contributed by atoms with Crippen LogP contribution in [0.15, 0.2) is 22.8 Å². The van der Waals surface area contributed by atoms with Crippen molar-refractivity contribution in [2.24, 2.45) is 11.3 Å². The summed E-state index contributed by atoms with van der Waals surface area (Å²) >= 11 is 0. The van der Waals surface area contributed by atoms with Gasteiger partial charge in [0.1, 0.15) is 5.76 Å². The predicted octanol–water partition coefficient (Wildman–Crippen LogP) is 1.85. The Morgan fingerprint density at radius 1 is 1.56 bits per heavy atom. The molecule has 18 heavy (non-hydrogen) atoms. The van der Waals surface area contributed by atoms with Crippen LogP contribution in [0.1, 0.15) is 38.0 Å². The number of amides is 1. The number of furan rings is 1. The lowest BCUT2D eigenvalue weighted by atomic mass is 9.91. The highest BCUT2D eigenvalue weighted by Gasteiger charge is 2.57. The molecule has 1 saturated carbocycles. The smallest absolute Gasteiger partial charge is 0.224 e. The third kappa shape index (κ3) is 2.05. The van der Waals surface area contributed by atoms with Gasteiger partial charge in [0.05, 0.1) is 12.3 Å². The number of hydrogen-bond acceptors (Lipinski definition) is 3. The third-order valence-corrected chi connectivity index (χ3v) is 4.43. The van der Waals surface area contributed by atoms with Crippen LogP contribution >= 0.6 is 0 Å². The van der Waals surface area contributed by atoms with Crippen LogP contribution in [0.25, 0.3) is 0 Å². The van der Waals surface area contributed by atoms with Crippen LogP contribution in [0.5, 0.6) is 0 Å². The van der Waals surface area contributed by atoms with Gasteiger partial charge in [0.2, 0.25) is 5.91 Å². The van der Waals surface area contributed by atoms with Crippen molar-refractivity contribution in [3.63, 3.8) is 0 Å². The Hall–Kier alpha value is -1.29. The Balaban J connectivity index is 1.57. The van der Waals surface area contributed by atoms with Crippen LogP contribution in [-0.4, -0.2) is 19.0 Å². The molecule has 4 nitrogen and oxygen atoms in total. The van der Waals surface area contributed by atoms with Crippen molar-refractivity contribution in [1.29, 1.82) is 0 Å². The van der Waals surface area contributed by atoms with Crippen LogP contribution < -0.4 is 10.6 Å². The predicted molar refractivity (Wildman–Crippen MR) is 67.9 cm³/mol. The van der Waals surface area contributed by atoms with Crippen LogP contribution in [0.3, 0.4) is 0 Å². The molecule has 1 aliphatic carbocycles. The fraction of sp³-hybridized carbons (Fsp3) is 0.643. The van der Waals surface area contributed by atoms with E-state index in [0.717, 1.165) is 38.1 Å². The minimum atomic E-state index is -0.0353. The minimum Gasteiger partial charge on any atom is -0.467 e. The lowest BCUT2D eigenvalue weighted by Gasteiger charge is -2.23. The van der Waals surface area contributed by atoms with Gasteiger partial charge in [-0.25, -0.2) is 0 Å². The second kappa shape index (κ2) is 4.43. The van der Waals surface area contributed by atoms with Crippen LogP contribution in [0.4, 0.5) is 0 Å². The molecular formula is C14H20N2O2. The first-order chi connectivity index (χ1) is 8.71. The first-order valence-electron chi connectivity index (χ1n) is 6.76. The zero-order chi connectivity index (χ0) is 12.6. The zero-order valence-electron chi connectivity index (χ0n) is 10.7. The maximum atomic E-state index is 12.2. The molecule has 1 spiro atoms. The molecule has 3 rings (SSSR count). The Morgan fingerprint density at radius 3 is 3.00 bits per heavy atom. The molecule has 0 radical (unpaired) electrons. The van der Waals surface area contributed by atoms with Gasteiger partial charge in [-0.2, -0.15) is 0 Å². The molecule has 98 valence electrons. The average molecular weight is 248 g/mol. The van der Waals surface area contributed by atoms with Gasteiger partial charge < -0.3 is 15.1 Å². The van der Waals surface area contributed by atoms with E-state index >= 15 is 0 Å². The van der Waals surface area contributed by atoms with Crippen LogP contribution in [-0.2, 0) is 4.79 Å². The van der Waals surface area contributed by atoms with E-state index in [1.54, 1.807) is 6.26 Å². The second-order valence-electron chi connectivity index (χ2n) is 5.61. The summed E-state index contributed by atoms with van der Waals surface area (Å²) in [5.74, 6) is 1.24. The highest BCUT2D eigenvalue weighted by atomic mass is 16.3. The first kappa shape index (κ1) is 11.8. The second-order valence-corrected chi connectivity index (χ2v) is 5.61. The summed E-state index contributed by atoms with van der Waals surface area (Å²) in [5.41, 5.74) is 0.304. The average Bonchev–Trinajstić information content (AvgIpc) is 2.84. The molecule has 1 aromatic rings. The van der Waals surface area contributed by atoms with Gasteiger partial charge in [-0.3, -0.25) is 4.79 Å². The molecule has 1 aliphatic heterocycles. The molecule has 4 heteroatoms. The Labute approximate surface area is 107 Å². The van der Waals surface area contributed by atoms with E-state index in [-0.39, 0.29) is 17.9 Å². The topological polar surface area (TPSA) is 54.3 Å². The molecule has 2 heterocycles. The van der Waals surface area contributed by atoms with Crippen molar-refractivity contribution in [1.82, 2.24) is 10.6 Å². The van der Waals surface area contributed by atoms with Gasteiger partial charge in [-0.1, -0.05) is 0 Å². The molecule has 1 amide bonds. The summed E-state index contributed by atoms with van der Waals surface area (Å²) in [5, 5.41) is 6.42. The van der Waals surface area contributed by atoms with E-state index in [9.17, 15) is 4.79 Å². The summed E-state index contributed by atoms with van der Waals surface area (Å²) in [7, 11) is 0. The minimum absolute atomic E-state index is 0.0353. The number of hydrogen-bond donors (Lipinski definition) is 2. The van der Waals surface area contributed by atoms with E-state index in [4.69, 9.17) is 4.42 Å². The molecule has 0 bridgehead atoms. The Bertz CT molecular complexity index is 421. The lowest BCUT2D eigenvalue weighted by Crippen LogP contribution is -2.34. The maximum absolute atomic E-state index is 12.2. The highest BCUT2D eigenvalue weighted by Crippen LogP contribution is 2.58. The quantitative estimate of drug-likeness (QED) is 0.858. The number of carbonyl (C=O) groups excluding carboxylic acids is 1. The monoisotopic (exact) mass is 248 g/mol. The van der Waals surface area contributed by atoms with Crippen LogP contribution in [0.2, 0.25) is 0 Å². The summed E-state index contributed by atoms with van der Waals surface area (Å²) < 4.78 is 5.31. The Morgan fingerprint density at radius 2 is 2.33 bits per heavy atom. The summed E-state index contributed by atoms with van der Waals surface area (Å²) in [6.45, 7) is 4.07. The van der Waals surface area contributed by atoms with Crippen molar-refractivity contribution in [2.45, 2.75) is 32.2 Å². The Kier molecular flexibility index (Phi) is 2.90. The van der Waals surface area contributed by atoms with E-state index < -0.39 is 0 Å². The van der Waals surface area contributed by atoms with Gasteiger partial charge in [-0.15, -0.1) is 0 Å². The fourth-order valence-electron chi connectivity index (χ4n) is 3.12. The van der Waals surface area contributed by atoms with Crippen molar-refractivity contribution < 1.29 is 9.21 Å². The van der Waals surface area contributed by atoms with Gasteiger partial charge in [0, 0.05) is 5.92 Å². The fourth-order valence-corrected chi connectivity index (χ4v) is 3.12. The number of carbonyl (C=O) groups is 1. The van der Waals surface area contributed by atoms with Crippen molar-refractivity contribution in [2.75, 3.05) is 13.1 Å². The molecule has 2 aliphatic rings. The molecule has 2 N–H and O–H groups in total. The molecular weight excluding hydrogens is 228 g/mol. The normalized spacial score (nSPS) is 26.8. The zero-order valence-corrected chi connectivity index (χ0v) is 10.7. The van der Waals surface area contributed by atoms with Gasteiger partial charge in [-0.05, 0) is 56.8 Å². The molecule has 0 aromatic carbocycles. The SMILES string of the molecule is C[C@H](NC(=O)C1CC12CCNCC2)c1ccco1. The van der Waals surface area contributed by atoms with E-state index in [1.165, 1.54) is 0 Å². The van der Waals surface area contributed by atoms with Gasteiger partial charge in [0.25, 0.3) is 0 Å². The lowest BCUT2D eigenvalue weighted by molar-refractivity contribution is -0.124. The van der Waals surface area contributed by atoms with Crippen molar-refractivity contribution in [3.05, 3.63) is 24.2 Å². The number of piperidine rings is 1. The van der Waals surface area contributed by atoms with Crippen molar-refractivity contribution >= 4 is 5.91 Å². The highest BCUT2D eigenvalue weighted by molar-refractivity contribution is 5.82. The maximum Gasteiger partial charge on any atom is 0.224 e. The standard InChI is InChI=1S/C14H20N2O2/c1-10(12-3-2-8-18-12)16-13(17)11-9-14(11)4-6-15-7-5-14/h2-3,8,10-11,15H,4-7,9H2,1H3,(H,16,17)/t10-,11?/m0/s1. The molecule has 2 atom stereocenters. The molecule has 2 fully saturated rings. The van der Waals surface area contributed by atoms with E-state index in [1.807, 2.05) is 19.1 Å². The number of rotatable bonds is 3. The molecule has 1 unspecified atom stereocenters. The molecule has 1 saturated heterocycles. The van der Waals surface area contributed by atoms with Crippen LogP contribution in [0, 0.1) is 11.3 Å². The van der Waals surface area contributed by atoms with E-state index in [2.05, 4.69) is 10.6 Å². The summed E-state index contributed by atoms with van der Waals surface area (Å²) in [4.78, 5) is 12.2. The third-order valence-electron chi connectivity index (χ3n) is 4.43. The van der Waals surface area contributed by atoms with E-state index in [0.29, 0.717) is 5.41 Å². The van der Waals surface area contributed by atoms with Crippen molar-refractivity contribution in [3.8, 4) is 0 Å². The number of nitrogens with one attached hydrogen (secondary N) is 2. The first-order valence-corrected chi connectivity index (χ1v) is 6.76. The molecule has 1 aromatic heterocycles. The van der Waals surface area contributed by atoms with Gasteiger partial charge in [0.15, 0.2) is 0 Å². The van der Waals surface area contributed by atoms with Gasteiger partial charge >= 0.3 is 0 Å².